The van der Waals surface area contributed by atoms with Gasteiger partial charge in [-0.3, -0.25) is 0 Å². The van der Waals surface area contributed by atoms with Crippen molar-refractivity contribution in [1.82, 2.24) is 0 Å². The average molecular weight is 394 g/mol. The van der Waals surface area contributed by atoms with Gasteiger partial charge in [0.25, 0.3) is 0 Å². The summed E-state index contributed by atoms with van der Waals surface area (Å²) in [6.07, 6.45) is 1.73. The van der Waals surface area contributed by atoms with E-state index in [1.165, 1.54) is 12.1 Å². The number of nitrogens with zero attached hydrogens (tertiary/aromatic N) is 1. The van der Waals surface area contributed by atoms with Crippen LogP contribution in [0.4, 0.5) is 4.39 Å². The zero-order valence-corrected chi connectivity index (χ0v) is 15.9. The summed E-state index contributed by atoms with van der Waals surface area (Å²) in [4.78, 5) is 0. The maximum atomic E-state index is 13.0. The van der Waals surface area contributed by atoms with Crippen molar-refractivity contribution in [3.8, 4) is 17.6 Å². The second-order valence-electron chi connectivity index (χ2n) is 6.00. The molecule has 0 atom stereocenters. The van der Waals surface area contributed by atoms with Crippen LogP contribution < -0.4 is 9.47 Å². The van der Waals surface area contributed by atoms with Crippen LogP contribution in [0.5, 0.6) is 11.5 Å². The molecule has 3 aromatic rings. The van der Waals surface area contributed by atoms with Crippen LogP contribution in [-0.2, 0) is 6.61 Å². The smallest absolute Gasteiger partial charge is 0.127 e. The molecule has 0 aliphatic carbocycles. The standard InChI is InChI=1S/C23H17ClFNO2/c1-27-22-9-4-17(5-10-22)19(14-26)12-18-13-20(24)6-11-23(18)28-15-16-2-7-21(25)8-3-16/h2-13H,15H2,1H3/b19-12+. The highest BCUT2D eigenvalue weighted by molar-refractivity contribution is 6.30. The van der Waals surface area contributed by atoms with Gasteiger partial charge in [0.05, 0.1) is 18.8 Å². The summed E-state index contributed by atoms with van der Waals surface area (Å²) in [7, 11) is 1.59. The summed E-state index contributed by atoms with van der Waals surface area (Å²) < 4.78 is 24.1. The Morgan fingerprint density at radius 2 is 1.79 bits per heavy atom. The molecule has 0 heterocycles. The molecule has 0 saturated heterocycles. The van der Waals surface area contributed by atoms with E-state index < -0.39 is 0 Å². The van der Waals surface area contributed by atoms with E-state index in [4.69, 9.17) is 21.1 Å². The number of ether oxygens (including phenoxy) is 2. The van der Waals surface area contributed by atoms with Gasteiger partial charge in [0.15, 0.2) is 0 Å². The first kappa shape index (κ1) is 19.5. The van der Waals surface area contributed by atoms with E-state index in [0.717, 1.165) is 11.1 Å². The molecule has 28 heavy (non-hydrogen) atoms. The van der Waals surface area contributed by atoms with E-state index in [-0.39, 0.29) is 12.4 Å². The fourth-order valence-corrected chi connectivity index (χ4v) is 2.79. The number of hydrogen-bond acceptors (Lipinski definition) is 3. The fourth-order valence-electron chi connectivity index (χ4n) is 2.61. The van der Waals surface area contributed by atoms with Gasteiger partial charge in [0.2, 0.25) is 0 Å². The van der Waals surface area contributed by atoms with Gasteiger partial charge in [-0.1, -0.05) is 23.7 Å². The quantitative estimate of drug-likeness (QED) is 0.373. The minimum atomic E-state index is -0.294. The second kappa shape index (κ2) is 9.07. The van der Waals surface area contributed by atoms with Crippen molar-refractivity contribution in [3.05, 3.63) is 94.3 Å². The van der Waals surface area contributed by atoms with Crippen molar-refractivity contribution in [3.63, 3.8) is 0 Å². The van der Waals surface area contributed by atoms with E-state index in [0.29, 0.717) is 27.7 Å². The van der Waals surface area contributed by atoms with Crippen LogP contribution in [0.15, 0.2) is 66.7 Å². The van der Waals surface area contributed by atoms with Gasteiger partial charge in [0, 0.05) is 10.6 Å². The van der Waals surface area contributed by atoms with Crippen LogP contribution in [0.1, 0.15) is 16.7 Å². The molecule has 0 saturated carbocycles. The molecule has 5 heteroatoms. The second-order valence-corrected chi connectivity index (χ2v) is 6.43. The van der Waals surface area contributed by atoms with E-state index in [9.17, 15) is 9.65 Å². The van der Waals surface area contributed by atoms with Crippen LogP contribution in [0, 0.1) is 17.1 Å². The summed E-state index contributed by atoms with van der Waals surface area (Å²) in [6.45, 7) is 0.271. The summed E-state index contributed by atoms with van der Waals surface area (Å²) >= 11 is 6.14. The Balaban J connectivity index is 1.88. The normalized spacial score (nSPS) is 11.0. The van der Waals surface area contributed by atoms with Crippen molar-refractivity contribution in [1.29, 1.82) is 5.26 Å². The number of benzene rings is 3. The fraction of sp³-hybridized carbons (Fsp3) is 0.0870. The van der Waals surface area contributed by atoms with Crippen LogP contribution in [0.2, 0.25) is 5.02 Å². The maximum Gasteiger partial charge on any atom is 0.127 e. The molecule has 3 rings (SSSR count). The maximum absolute atomic E-state index is 13.0. The molecule has 0 unspecified atom stereocenters. The lowest BCUT2D eigenvalue weighted by molar-refractivity contribution is 0.305. The first-order valence-electron chi connectivity index (χ1n) is 8.52. The highest BCUT2D eigenvalue weighted by Crippen LogP contribution is 2.29. The molecular formula is C23H17ClFNO2. The molecular weight excluding hydrogens is 377 g/mol. The number of rotatable bonds is 6. The van der Waals surface area contributed by atoms with Gasteiger partial charge in [-0.05, 0) is 71.8 Å². The average Bonchev–Trinajstić information content (AvgIpc) is 2.72. The Kier molecular flexibility index (Phi) is 6.31. The minimum absolute atomic E-state index is 0.271. The van der Waals surface area contributed by atoms with Crippen LogP contribution in [-0.4, -0.2) is 7.11 Å². The Morgan fingerprint density at radius 1 is 1.07 bits per heavy atom. The lowest BCUT2D eigenvalue weighted by Crippen LogP contribution is -1.97. The Morgan fingerprint density at radius 3 is 2.43 bits per heavy atom. The summed E-state index contributed by atoms with van der Waals surface area (Å²) in [5.41, 5.74) is 2.74. The predicted octanol–water partition coefficient (Wildman–Crippen LogP) is 6.13. The zero-order valence-electron chi connectivity index (χ0n) is 15.2. The SMILES string of the molecule is COc1ccc(/C(C#N)=C/c2cc(Cl)ccc2OCc2ccc(F)cc2)cc1. The molecule has 0 spiro atoms. The molecule has 0 amide bonds. The van der Waals surface area contributed by atoms with Crippen molar-refractivity contribution in [2.45, 2.75) is 6.61 Å². The molecule has 0 aliphatic rings. The van der Waals surface area contributed by atoms with E-state index in [1.54, 1.807) is 55.7 Å². The topological polar surface area (TPSA) is 42.2 Å². The summed E-state index contributed by atoms with van der Waals surface area (Å²) in [6, 6.07) is 20.8. The lowest BCUT2D eigenvalue weighted by Gasteiger charge is -2.11. The minimum Gasteiger partial charge on any atom is -0.497 e. The van der Waals surface area contributed by atoms with Gasteiger partial charge in [-0.15, -0.1) is 0 Å². The molecule has 140 valence electrons. The molecule has 0 N–H and O–H groups in total. The highest BCUT2D eigenvalue weighted by Gasteiger charge is 2.08. The molecule has 0 bridgehead atoms. The van der Waals surface area contributed by atoms with Crippen molar-refractivity contribution < 1.29 is 13.9 Å². The molecule has 0 radical (unpaired) electrons. The molecule has 3 aromatic carbocycles. The molecule has 0 aliphatic heterocycles. The Hall–Kier alpha value is -3.29. The number of halogens is 2. The highest BCUT2D eigenvalue weighted by atomic mass is 35.5. The number of hydrogen-bond donors (Lipinski definition) is 0. The van der Waals surface area contributed by atoms with Gasteiger partial charge >= 0.3 is 0 Å². The summed E-state index contributed by atoms with van der Waals surface area (Å²) in [5.74, 6) is 0.999. The number of allylic oxidation sites excluding steroid dienone is 1. The van der Waals surface area contributed by atoms with Crippen LogP contribution >= 0.6 is 11.6 Å². The van der Waals surface area contributed by atoms with Crippen LogP contribution in [0.3, 0.4) is 0 Å². The van der Waals surface area contributed by atoms with Gasteiger partial charge in [-0.25, -0.2) is 4.39 Å². The molecule has 0 aromatic heterocycles. The predicted molar refractivity (Wildman–Crippen MR) is 109 cm³/mol. The van der Waals surface area contributed by atoms with Crippen molar-refractivity contribution in [2.75, 3.05) is 7.11 Å². The first-order chi connectivity index (χ1) is 13.6. The van der Waals surface area contributed by atoms with Gasteiger partial charge in [-0.2, -0.15) is 5.26 Å². The third-order valence-corrected chi connectivity index (χ3v) is 4.34. The first-order valence-corrected chi connectivity index (χ1v) is 8.90. The van der Waals surface area contributed by atoms with E-state index in [1.807, 2.05) is 12.1 Å². The Bertz CT molecular complexity index is 1020. The molecule has 0 fully saturated rings. The van der Waals surface area contributed by atoms with E-state index >= 15 is 0 Å². The monoisotopic (exact) mass is 393 g/mol. The van der Waals surface area contributed by atoms with Gasteiger partial charge in [0.1, 0.15) is 23.9 Å². The van der Waals surface area contributed by atoms with Gasteiger partial charge < -0.3 is 9.47 Å². The van der Waals surface area contributed by atoms with Crippen molar-refractivity contribution >= 4 is 23.3 Å². The lowest BCUT2D eigenvalue weighted by atomic mass is 10.0. The van der Waals surface area contributed by atoms with E-state index in [2.05, 4.69) is 6.07 Å². The third-order valence-electron chi connectivity index (χ3n) is 4.10. The van der Waals surface area contributed by atoms with Crippen LogP contribution in [0.25, 0.3) is 11.6 Å². The number of nitriles is 1. The number of methoxy groups -OCH3 is 1. The zero-order chi connectivity index (χ0) is 19.9. The molecule has 3 nitrogen and oxygen atoms in total. The summed E-state index contributed by atoms with van der Waals surface area (Å²) in [5, 5.41) is 10.1. The largest absolute Gasteiger partial charge is 0.497 e. The van der Waals surface area contributed by atoms with Crippen molar-refractivity contribution in [2.24, 2.45) is 0 Å². The Labute approximate surface area is 168 Å². The third kappa shape index (κ3) is 4.91.